The van der Waals surface area contributed by atoms with E-state index in [0.717, 1.165) is 0 Å². The molecule has 1 N–H and O–H groups in total. The molecule has 0 aliphatic carbocycles. The Bertz CT molecular complexity index is 352. The van der Waals surface area contributed by atoms with Gasteiger partial charge in [0.05, 0.1) is 0 Å². The lowest BCUT2D eigenvalue weighted by Crippen LogP contribution is -2.18. The molecule has 4 heteroatoms. The number of anilines is 1. The third kappa shape index (κ3) is 3.67. The monoisotopic (exact) mass is 211 g/mol. The van der Waals surface area contributed by atoms with Crippen LogP contribution in [-0.4, -0.2) is 19.1 Å². The highest BCUT2D eigenvalue weighted by Crippen LogP contribution is 2.13. The van der Waals surface area contributed by atoms with Gasteiger partial charge in [-0.3, -0.25) is 4.79 Å². The highest BCUT2D eigenvalue weighted by molar-refractivity contribution is 5.91. The van der Waals surface area contributed by atoms with Crippen molar-refractivity contribution in [3.05, 3.63) is 29.6 Å². The minimum absolute atomic E-state index is 0.00794. The zero-order chi connectivity index (χ0) is 11.3. The Balaban J connectivity index is 2.57. The van der Waals surface area contributed by atoms with Crippen molar-refractivity contribution in [2.45, 2.75) is 13.8 Å². The SMILES string of the molecule is CCOCC(=O)Nc1ccc(C)c(F)c1. The third-order valence-electron chi connectivity index (χ3n) is 1.89. The molecule has 1 aromatic rings. The summed E-state index contributed by atoms with van der Waals surface area (Å²) in [5.74, 6) is -0.607. The summed E-state index contributed by atoms with van der Waals surface area (Å²) < 4.78 is 18.0. The van der Waals surface area contributed by atoms with Crippen molar-refractivity contribution in [3.8, 4) is 0 Å². The number of halogens is 1. The van der Waals surface area contributed by atoms with Gasteiger partial charge in [-0.05, 0) is 31.5 Å². The van der Waals surface area contributed by atoms with E-state index in [4.69, 9.17) is 4.74 Å². The van der Waals surface area contributed by atoms with Crippen molar-refractivity contribution in [2.24, 2.45) is 0 Å². The summed E-state index contributed by atoms with van der Waals surface area (Å²) in [6, 6.07) is 4.56. The molecule has 0 spiro atoms. The van der Waals surface area contributed by atoms with Gasteiger partial charge < -0.3 is 10.1 Å². The quantitative estimate of drug-likeness (QED) is 0.828. The van der Waals surface area contributed by atoms with Gasteiger partial charge in [-0.2, -0.15) is 0 Å². The minimum atomic E-state index is -0.329. The smallest absolute Gasteiger partial charge is 0.250 e. The first-order valence-corrected chi connectivity index (χ1v) is 4.77. The van der Waals surface area contributed by atoms with Crippen LogP contribution in [0.2, 0.25) is 0 Å². The molecule has 3 nitrogen and oxygen atoms in total. The standard InChI is InChI=1S/C11H14FNO2/c1-3-15-7-11(14)13-9-5-4-8(2)10(12)6-9/h4-6H,3,7H2,1-2H3,(H,13,14). The van der Waals surface area contributed by atoms with Crippen molar-refractivity contribution in [2.75, 3.05) is 18.5 Å². The van der Waals surface area contributed by atoms with E-state index in [0.29, 0.717) is 17.9 Å². The molecule has 0 saturated carbocycles. The maximum atomic E-state index is 13.1. The summed E-state index contributed by atoms with van der Waals surface area (Å²) in [4.78, 5) is 11.2. The highest BCUT2D eigenvalue weighted by Gasteiger charge is 2.03. The number of carbonyl (C=O) groups is 1. The Labute approximate surface area is 88.2 Å². The van der Waals surface area contributed by atoms with Gasteiger partial charge in [-0.1, -0.05) is 6.07 Å². The molecule has 0 aliphatic heterocycles. The molecule has 0 bridgehead atoms. The third-order valence-corrected chi connectivity index (χ3v) is 1.89. The molecule has 0 saturated heterocycles. The average Bonchev–Trinajstić information content (AvgIpc) is 2.20. The van der Waals surface area contributed by atoms with Gasteiger partial charge in [0.1, 0.15) is 12.4 Å². The number of hydrogen-bond acceptors (Lipinski definition) is 2. The molecule has 82 valence electrons. The summed E-state index contributed by atoms with van der Waals surface area (Å²) >= 11 is 0. The van der Waals surface area contributed by atoms with Gasteiger partial charge in [0.2, 0.25) is 5.91 Å². The summed E-state index contributed by atoms with van der Waals surface area (Å²) in [7, 11) is 0. The number of amides is 1. The Morgan fingerprint density at radius 1 is 1.53 bits per heavy atom. The summed E-state index contributed by atoms with van der Waals surface area (Å²) in [5, 5.41) is 2.54. The molecule has 1 amide bonds. The first-order chi connectivity index (χ1) is 7.13. The number of benzene rings is 1. The maximum Gasteiger partial charge on any atom is 0.250 e. The lowest BCUT2D eigenvalue weighted by atomic mass is 10.2. The van der Waals surface area contributed by atoms with Crippen molar-refractivity contribution >= 4 is 11.6 Å². The van der Waals surface area contributed by atoms with Crippen LogP contribution in [0, 0.1) is 12.7 Å². The van der Waals surface area contributed by atoms with E-state index >= 15 is 0 Å². The number of ether oxygens (including phenoxy) is 1. The predicted octanol–water partition coefficient (Wildman–Crippen LogP) is 2.11. The van der Waals surface area contributed by atoms with Crippen molar-refractivity contribution < 1.29 is 13.9 Å². The van der Waals surface area contributed by atoms with Crippen LogP contribution in [0.15, 0.2) is 18.2 Å². The van der Waals surface area contributed by atoms with E-state index in [2.05, 4.69) is 5.32 Å². The van der Waals surface area contributed by atoms with E-state index in [1.807, 2.05) is 0 Å². The maximum absolute atomic E-state index is 13.1. The zero-order valence-corrected chi connectivity index (χ0v) is 8.84. The molecule has 15 heavy (non-hydrogen) atoms. The van der Waals surface area contributed by atoms with Crippen LogP contribution >= 0.6 is 0 Å². The van der Waals surface area contributed by atoms with E-state index in [9.17, 15) is 9.18 Å². The second-order valence-electron chi connectivity index (χ2n) is 3.15. The molecule has 0 aliphatic rings. The second-order valence-corrected chi connectivity index (χ2v) is 3.15. The number of rotatable bonds is 4. The van der Waals surface area contributed by atoms with Crippen molar-refractivity contribution in [1.82, 2.24) is 0 Å². The van der Waals surface area contributed by atoms with Gasteiger partial charge in [0.25, 0.3) is 0 Å². The Hall–Kier alpha value is -1.42. The Morgan fingerprint density at radius 3 is 2.87 bits per heavy atom. The first-order valence-electron chi connectivity index (χ1n) is 4.77. The molecular weight excluding hydrogens is 197 g/mol. The number of carbonyl (C=O) groups excluding carboxylic acids is 1. The van der Waals surface area contributed by atoms with Crippen LogP contribution in [0.4, 0.5) is 10.1 Å². The Kier molecular flexibility index (Phi) is 4.24. The average molecular weight is 211 g/mol. The fraction of sp³-hybridized carbons (Fsp3) is 0.364. The van der Waals surface area contributed by atoms with E-state index in [1.165, 1.54) is 6.07 Å². The summed E-state index contributed by atoms with van der Waals surface area (Å²) in [5.41, 5.74) is 1.00. The van der Waals surface area contributed by atoms with Crippen LogP contribution in [0.5, 0.6) is 0 Å². The van der Waals surface area contributed by atoms with Gasteiger partial charge in [-0.25, -0.2) is 4.39 Å². The molecule has 1 rings (SSSR count). The predicted molar refractivity (Wildman–Crippen MR) is 56.3 cm³/mol. The Morgan fingerprint density at radius 2 is 2.27 bits per heavy atom. The van der Waals surface area contributed by atoms with E-state index in [-0.39, 0.29) is 18.3 Å². The van der Waals surface area contributed by atoms with E-state index < -0.39 is 0 Å². The lowest BCUT2D eigenvalue weighted by molar-refractivity contribution is -0.120. The van der Waals surface area contributed by atoms with E-state index in [1.54, 1.807) is 26.0 Å². The van der Waals surface area contributed by atoms with Crippen LogP contribution in [0.1, 0.15) is 12.5 Å². The molecule has 0 fully saturated rings. The number of hydrogen-bond donors (Lipinski definition) is 1. The second kappa shape index (κ2) is 5.46. The molecule has 0 atom stereocenters. The van der Waals surface area contributed by atoms with Crippen molar-refractivity contribution in [3.63, 3.8) is 0 Å². The van der Waals surface area contributed by atoms with Gasteiger partial charge in [0, 0.05) is 12.3 Å². The van der Waals surface area contributed by atoms with Crippen LogP contribution in [-0.2, 0) is 9.53 Å². The molecule has 0 unspecified atom stereocenters. The largest absolute Gasteiger partial charge is 0.372 e. The molecule has 0 radical (unpaired) electrons. The van der Waals surface area contributed by atoms with Gasteiger partial charge in [-0.15, -0.1) is 0 Å². The van der Waals surface area contributed by atoms with Crippen LogP contribution in [0.25, 0.3) is 0 Å². The van der Waals surface area contributed by atoms with Gasteiger partial charge in [0.15, 0.2) is 0 Å². The number of nitrogens with one attached hydrogen (secondary N) is 1. The molecule has 0 heterocycles. The summed E-state index contributed by atoms with van der Waals surface area (Å²) in [6.45, 7) is 3.95. The topological polar surface area (TPSA) is 38.3 Å². The summed E-state index contributed by atoms with van der Waals surface area (Å²) in [6.07, 6.45) is 0. The normalized spacial score (nSPS) is 10.1. The number of aryl methyl sites for hydroxylation is 1. The fourth-order valence-corrected chi connectivity index (χ4v) is 1.06. The first kappa shape index (κ1) is 11.7. The van der Waals surface area contributed by atoms with Crippen molar-refractivity contribution in [1.29, 1.82) is 0 Å². The van der Waals surface area contributed by atoms with Gasteiger partial charge >= 0.3 is 0 Å². The molecule has 1 aromatic carbocycles. The lowest BCUT2D eigenvalue weighted by Gasteiger charge is -2.06. The zero-order valence-electron chi connectivity index (χ0n) is 8.84. The van der Waals surface area contributed by atoms with Crippen LogP contribution in [0.3, 0.4) is 0 Å². The fourth-order valence-electron chi connectivity index (χ4n) is 1.06. The molecule has 0 aromatic heterocycles. The van der Waals surface area contributed by atoms with Crippen LogP contribution < -0.4 is 5.32 Å². The molecular formula is C11H14FNO2. The highest BCUT2D eigenvalue weighted by atomic mass is 19.1. The minimum Gasteiger partial charge on any atom is -0.372 e.